The van der Waals surface area contributed by atoms with Gasteiger partial charge >= 0.3 is 6.85 Å². The lowest BCUT2D eigenvalue weighted by Crippen LogP contribution is -2.62. The number of nitrogens with zero attached hydrogens (tertiary/aromatic N) is 2. The molecular weight excluding hydrogens is 723 g/mol. The van der Waals surface area contributed by atoms with Gasteiger partial charge < -0.3 is 9.71 Å². The lowest BCUT2D eigenvalue weighted by atomic mass is 9.42. The van der Waals surface area contributed by atoms with Gasteiger partial charge in [0.2, 0.25) is 0 Å². The Kier molecular flexibility index (Phi) is 7.83. The van der Waals surface area contributed by atoms with Crippen LogP contribution in [0.5, 0.6) is 0 Å². The molecule has 0 N–H and O–H groups in total. The summed E-state index contributed by atoms with van der Waals surface area (Å²) in [5, 5.41) is 0. The molecule has 3 heteroatoms. The molecule has 0 amide bonds. The van der Waals surface area contributed by atoms with Gasteiger partial charge in [-0.25, -0.2) is 0 Å². The molecule has 3 aliphatic heterocycles. The van der Waals surface area contributed by atoms with E-state index in [0.717, 1.165) is 0 Å². The molecular formula is C57H55BN2. The van der Waals surface area contributed by atoms with E-state index in [1.807, 2.05) is 0 Å². The fraction of sp³-hybridized carbons (Fsp3) is 0.263. The van der Waals surface area contributed by atoms with Crippen LogP contribution in [-0.2, 0) is 21.7 Å². The van der Waals surface area contributed by atoms with Crippen LogP contribution < -0.4 is 20.6 Å². The Morgan fingerprint density at radius 2 is 1.08 bits per heavy atom. The summed E-state index contributed by atoms with van der Waals surface area (Å²) >= 11 is 0. The number of rotatable bonds is 3. The van der Waals surface area contributed by atoms with Gasteiger partial charge in [0.15, 0.2) is 0 Å². The maximum Gasteiger partial charge on any atom is 0.333 e. The standard InChI is InChI=1S/C57H55BN2/c1-54(2,3)40-32-43-42-23-16-17-26-49(42)60(41-30-38(36-19-12-10-13-20-36)29-39(31-41)37-21-14-11-15-22-37)58-48-25-18-24-44-53(48)59(51(33-40)52(43)58)50-35-46-45(34-47(50)57(44,8)9)55(4,5)27-28-56(46,6)7/h10-26,29-35H,27-28H2,1-9H3. The van der Waals surface area contributed by atoms with E-state index in [0.29, 0.717) is 0 Å². The lowest BCUT2D eigenvalue weighted by molar-refractivity contribution is 0.331. The molecule has 0 unspecified atom stereocenters. The second kappa shape index (κ2) is 12.6. The van der Waals surface area contributed by atoms with Crippen molar-refractivity contribution >= 4 is 46.2 Å². The maximum absolute atomic E-state index is 2.72. The van der Waals surface area contributed by atoms with E-state index in [1.165, 1.54) is 113 Å². The highest BCUT2D eigenvalue weighted by Gasteiger charge is 2.51. The van der Waals surface area contributed by atoms with Crippen LogP contribution in [0.25, 0.3) is 33.4 Å². The Bertz CT molecular complexity index is 2840. The molecule has 60 heavy (non-hydrogen) atoms. The molecule has 0 saturated heterocycles. The van der Waals surface area contributed by atoms with Crippen LogP contribution >= 0.6 is 0 Å². The minimum Gasteiger partial charge on any atom is -0.376 e. The average Bonchev–Trinajstić information content (AvgIpc) is 3.24. The van der Waals surface area contributed by atoms with Gasteiger partial charge in [0.25, 0.3) is 0 Å². The Morgan fingerprint density at radius 1 is 0.483 bits per heavy atom. The van der Waals surface area contributed by atoms with Crippen LogP contribution in [-0.4, -0.2) is 6.85 Å². The van der Waals surface area contributed by atoms with Crippen molar-refractivity contribution in [3.8, 4) is 33.4 Å². The highest BCUT2D eigenvalue weighted by molar-refractivity contribution is 6.93. The first-order chi connectivity index (χ1) is 28.6. The van der Waals surface area contributed by atoms with Gasteiger partial charge in [-0.2, -0.15) is 0 Å². The molecule has 7 aromatic rings. The predicted molar refractivity (Wildman–Crippen MR) is 257 cm³/mol. The minimum absolute atomic E-state index is 0.0508. The van der Waals surface area contributed by atoms with Crippen molar-refractivity contribution in [2.75, 3.05) is 9.71 Å². The smallest absolute Gasteiger partial charge is 0.333 e. The largest absolute Gasteiger partial charge is 0.376 e. The van der Waals surface area contributed by atoms with Crippen molar-refractivity contribution in [3.63, 3.8) is 0 Å². The molecule has 296 valence electrons. The zero-order valence-corrected chi connectivity index (χ0v) is 36.7. The molecule has 0 fully saturated rings. The van der Waals surface area contributed by atoms with Gasteiger partial charge in [-0.05, 0) is 132 Å². The van der Waals surface area contributed by atoms with Gasteiger partial charge in [-0.15, -0.1) is 0 Å². The number of anilines is 5. The Morgan fingerprint density at radius 3 is 1.72 bits per heavy atom. The van der Waals surface area contributed by atoms with Gasteiger partial charge in [0.05, 0.1) is 5.69 Å². The van der Waals surface area contributed by atoms with Crippen molar-refractivity contribution in [2.24, 2.45) is 0 Å². The van der Waals surface area contributed by atoms with Gasteiger partial charge in [0.1, 0.15) is 0 Å². The molecule has 3 heterocycles. The fourth-order valence-electron chi connectivity index (χ4n) is 11.2. The van der Waals surface area contributed by atoms with E-state index in [-0.39, 0.29) is 28.5 Å². The number of para-hydroxylation sites is 2. The first kappa shape index (κ1) is 37.2. The zero-order chi connectivity index (χ0) is 41.5. The van der Waals surface area contributed by atoms with Gasteiger partial charge in [-0.1, -0.05) is 172 Å². The maximum atomic E-state index is 2.72. The Balaban J connectivity index is 1.25. The highest BCUT2D eigenvalue weighted by Crippen LogP contribution is 2.58. The van der Waals surface area contributed by atoms with Crippen molar-refractivity contribution in [2.45, 2.75) is 96.8 Å². The zero-order valence-electron chi connectivity index (χ0n) is 36.7. The fourth-order valence-corrected chi connectivity index (χ4v) is 11.2. The second-order valence-corrected chi connectivity index (χ2v) is 20.9. The molecule has 4 aliphatic rings. The van der Waals surface area contributed by atoms with E-state index in [9.17, 15) is 0 Å². The summed E-state index contributed by atoms with van der Waals surface area (Å²) < 4.78 is 0. The molecule has 11 rings (SSSR count). The van der Waals surface area contributed by atoms with E-state index in [2.05, 4.69) is 218 Å². The average molecular weight is 779 g/mol. The van der Waals surface area contributed by atoms with Crippen molar-refractivity contribution in [1.29, 1.82) is 0 Å². The molecule has 0 saturated carbocycles. The van der Waals surface area contributed by atoms with Crippen LogP contribution in [0.15, 0.2) is 146 Å². The van der Waals surface area contributed by atoms with Crippen molar-refractivity contribution in [3.05, 3.63) is 173 Å². The van der Waals surface area contributed by atoms with Crippen LogP contribution in [0.2, 0.25) is 0 Å². The molecule has 0 aromatic heterocycles. The van der Waals surface area contributed by atoms with Crippen LogP contribution in [0.3, 0.4) is 0 Å². The first-order valence-electron chi connectivity index (χ1n) is 22.1. The normalized spacial score (nSPS) is 17.2. The van der Waals surface area contributed by atoms with Crippen LogP contribution in [0, 0.1) is 0 Å². The van der Waals surface area contributed by atoms with Crippen molar-refractivity contribution < 1.29 is 0 Å². The summed E-state index contributed by atoms with van der Waals surface area (Å²) in [7, 11) is 0. The predicted octanol–water partition coefficient (Wildman–Crippen LogP) is 14.0. The monoisotopic (exact) mass is 778 g/mol. The summed E-state index contributed by atoms with van der Waals surface area (Å²) in [6.45, 7) is 21.9. The van der Waals surface area contributed by atoms with E-state index in [1.54, 1.807) is 0 Å². The molecule has 0 radical (unpaired) electrons. The van der Waals surface area contributed by atoms with Crippen LogP contribution in [0.1, 0.15) is 103 Å². The number of benzene rings is 7. The third-order valence-electron chi connectivity index (χ3n) is 14.8. The minimum atomic E-state index is -0.211. The van der Waals surface area contributed by atoms with E-state index in [4.69, 9.17) is 0 Å². The number of fused-ring (bicyclic) bond motifs is 7. The quantitative estimate of drug-likeness (QED) is 0.165. The van der Waals surface area contributed by atoms with E-state index < -0.39 is 0 Å². The number of hydrogen-bond acceptors (Lipinski definition) is 2. The molecule has 0 spiro atoms. The molecule has 7 aromatic carbocycles. The summed E-state index contributed by atoms with van der Waals surface area (Å²) in [5.74, 6) is 0. The topological polar surface area (TPSA) is 6.48 Å². The Labute approximate surface area is 358 Å². The summed E-state index contributed by atoms with van der Waals surface area (Å²) in [6.07, 6.45) is 2.39. The molecule has 0 bridgehead atoms. The second-order valence-electron chi connectivity index (χ2n) is 20.9. The number of hydrogen-bond donors (Lipinski definition) is 0. The van der Waals surface area contributed by atoms with Gasteiger partial charge in [0, 0.05) is 33.7 Å². The van der Waals surface area contributed by atoms with E-state index >= 15 is 0 Å². The van der Waals surface area contributed by atoms with Crippen LogP contribution in [0.4, 0.5) is 28.4 Å². The Hall–Kier alpha value is -5.80. The van der Waals surface area contributed by atoms with Crippen molar-refractivity contribution in [1.82, 2.24) is 0 Å². The third-order valence-corrected chi connectivity index (χ3v) is 14.8. The highest BCUT2D eigenvalue weighted by atomic mass is 15.2. The summed E-state index contributed by atoms with van der Waals surface area (Å²) in [6, 6.07) is 55.8. The molecule has 0 atom stereocenters. The summed E-state index contributed by atoms with van der Waals surface area (Å²) in [5.41, 5.74) is 23.9. The molecule has 1 aliphatic carbocycles. The SMILES string of the molecule is CC(C)(C)c1cc2c3c(c1)N1c4cc5c(cc4C(C)(C)c4cccc(c41)B3N(c1cc(-c3ccccc3)cc(-c3ccccc3)c1)c1ccccc1-2)C(C)(C)CCC5(C)C. The first-order valence-corrected chi connectivity index (χ1v) is 22.1. The summed E-state index contributed by atoms with van der Waals surface area (Å²) in [4.78, 5) is 5.40. The third kappa shape index (κ3) is 5.33. The van der Waals surface area contributed by atoms with Gasteiger partial charge in [-0.3, -0.25) is 0 Å². The lowest BCUT2D eigenvalue weighted by Gasteiger charge is -2.52. The molecule has 2 nitrogen and oxygen atoms in total.